The fraction of sp³-hybridized carbons (Fsp3) is 0.176. The van der Waals surface area contributed by atoms with Crippen molar-refractivity contribution < 1.29 is 14.3 Å². The van der Waals surface area contributed by atoms with Gasteiger partial charge in [-0.25, -0.2) is 0 Å². The number of anilines is 1. The number of para-hydroxylation sites is 1. The summed E-state index contributed by atoms with van der Waals surface area (Å²) in [6, 6.07) is 11.4. The minimum atomic E-state index is -0.719. The van der Waals surface area contributed by atoms with Crippen LogP contribution in [-0.4, -0.2) is 25.0 Å². The van der Waals surface area contributed by atoms with Crippen molar-refractivity contribution in [2.24, 2.45) is 5.73 Å². The van der Waals surface area contributed by atoms with Gasteiger partial charge in [-0.2, -0.15) is 0 Å². The average molecular weight is 331 g/mol. The quantitative estimate of drug-likeness (QED) is 0.939. The van der Waals surface area contributed by atoms with Gasteiger partial charge >= 0.3 is 0 Å². The Labute approximate surface area is 138 Å². The van der Waals surface area contributed by atoms with Crippen molar-refractivity contribution in [2.75, 3.05) is 12.0 Å². The largest absolute Gasteiger partial charge is 0.496 e. The molecule has 2 amide bonds. The van der Waals surface area contributed by atoms with Crippen LogP contribution < -0.4 is 15.4 Å². The standard InChI is InChI=1S/C17H15ClN2O3/c1-23-15-7-6-11(18)9-12(15)17(22)20-13-5-3-2-4-10(13)8-14(20)16(19)21/h2-7,9,14H,8H2,1H3,(H2,19,21). The SMILES string of the molecule is COc1ccc(Cl)cc1C(=O)N1c2ccccc2CC1C(N)=O. The highest BCUT2D eigenvalue weighted by atomic mass is 35.5. The van der Waals surface area contributed by atoms with E-state index in [-0.39, 0.29) is 5.91 Å². The summed E-state index contributed by atoms with van der Waals surface area (Å²) in [6.45, 7) is 0. The first kappa shape index (κ1) is 15.4. The van der Waals surface area contributed by atoms with Gasteiger partial charge in [0, 0.05) is 17.1 Å². The van der Waals surface area contributed by atoms with E-state index < -0.39 is 11.9 Å². The van der Waals surface area contributed by atoms with Gasteiger partial charge in [-0.05, 0) is 29.8 Å². The molecule has 0 radical (unpaired) electrons. The Kier molecular flexibility index (Phi) is 3.96. The topological polar surface area (TPSA) is 72.6 Å². The van der Waals surface area contributed by atoms with Crippen LogP contribution in [-0.2, 0) is 11.2 Å². The van der Waals surface area contributed by atoms with E-state index in [1.807, 2.05) is 18.2 Å². The maximum Gasteiger partial charge on any atom is 0.262 e. The summed E-state index contributed by atoms with van der Waals surface area (Å²) in [4.78, 5) is 26.3. The molecule has 1 heterocycles. The zero-order chi connectivity index (χ0) is 16.6. The third-order valence-corrected chi connectivity index (χ3v) is 4.15. The molecule has 2 aromatic carbocycles. The number of ether oxygens (including phenoxy) is 1. The molecule has 1 atom stereocenters. The number of nitrogens with two attached hydrogens (primary N) is 1. The van der Waals surface area contributed by atoms with Gasteiger partial charge in [0.25, 0.3) is 5.91 Å². The Bertz CT molecular complexity index is 791. The number of carbonyl (C=O) groups is 2. The van der Waals surface area contributed by atoms with Gasteiger partial charge in [-0.3, -0.25) is 14.5 Å². The van der Waals surface area contributed by atoms with Gasteiger partial charge in [-0.1, -0.05) is 29.8 Å². The maximum absolute atomic E-state index is 13.0. The Morgan fingerprint density at radius 3 is 2.70 bits per heavy atom. The van der Waals surface area contributed by atoms with Crippen molar-refractivity contribution >= 4 is 29.1 Å². The summed E-state index contributed by atoms with van der Waals surface area (Å²) >= 11 is 6.01. The molecule has 118 valence electrons. The second-order valence-corrected chi connectivity index (χ2v) is 5.71. The van der Waals surface area contributed by atoms with Crippen molar-refractivity contribution in [1.82, 2.24) is 0 Å². The Hall–Kier alpha value is -2.53. The summed E-state index contributed by atoms with van der Waals surface area (Å²) in [7, 11) is 1.48. The molecule has 1 unspecified atom stereocenters. The van der Waals surface area contributed by atoms with Crippen LogP contribution in [0.3, 0.4) is 0 Å². The van der Waals surface area contributed by atoms with Crippen LogP contribution in [0.1, 0.15) is 15.9 Å². The van der Waals surface area contributed by atoms with E-state index in [2.05, 4.69) is 0 Å². The van der Waals surface area contributed by atoms with Crippen LogP contribution in [0.4, 0.5) is 5.69 Å². The van der Waals surface area contributed by atoms with Crippen molar-refractivity contribution in [1.29, 1.82) is 0 Å². The second kappa shape index (κ2) is 5.93. The Morgan fingerprint density at radius 1 is 1.26 bits per heavy atom. The van der Waals surface area contributed by atoms with Gasteiger partial charge in [-0.15, -0.1) is 0 Å². The van der Waals surface area contributed by atoms with E-state index in [0.29, 0.717) is 28.4 Å². The first-order chi connectivity index (χ1) is 11.0. The van der Waals surface area contributed by atoms with Crippen molar-refractivity contribution in [3.05, 3.63) is 58.6 Å². The van der Waals surface area contributed by atoms with E-state index in [1.54, 1.807) is 18.2 Å². The van der Waals surface area contributed by atoms with Crippen molar-refractivity contribution in [2.45, 2.75) is 12.5 Å². The van der Waals surface area contributed by atoms with Crippen LogP contribution in [0.5, 0.6) is 5.75 Å². The summed E-state index contributed by atoms with van der Waals surface area (Å²) in [5, 5.41) is 0.414. The highest BCUT2D eigenvalue weighted by molar-refractivity contribution is 6.31. The van der Waals surface area contributed by atoms with Gasteiger partial charge in [0.15, 0.2) is 0 Å². The summed E-state index contributed by atoms with van der Waals surface area (Å²) < 4.78 is 5.24. The van der Waals surface area contributed by atoms with E-state index in [1.165, 1.54) is 18.1 Å². The second-order valence-electron chi connectivity index (χ2n) is 5.27. The predicted molar refractivity (Wildman–Crippen MR) is 87.9 cm³/mol. The molecular formula is C17H15ClN2O3. The smallest absolute Gasteiger partial charge is 0.262 e. The number of fused-ring (bicyclic) bond motifs is 1. The number of primary amides is 1. The molecule has 23 heavy (non-hydrogen) atoms. The van der Waals surface area contributed by atoms with Crippen LogP contribution in [0, 0.1) is 0 Å². The molecular weight excluding hydrogens is 316 g/mol. The number of nitrogens with zero attached hydrogens (tertiary/aromatic N) is 1. The first-order valence-electron chi connectivity index (χ1n) is 7.07. The molecule has 0 bridgehead atoms. The van der Waals surface area contributed by atoms with Gasteiger partial charge in [0.1, 0.15) is 11.8 Å². The number of rotatable bonds is 3. The zero-order valence-corrected chi connectivity index (χ0v) is 13.2. The van der Waals surface area contributed by atoms with Gasteiger partial charge < -0.3 is 10.5 Å². The third kappa shape index (κ3) is 2.64. The van der Waals surface area contributed by atoms with E-state index in [9.17, 15) is 9.59 Å². The van der Waals surface area contributed by atoms with E-state index in [4.69, 9.17) is 22.1 Å². The lowest BCUT2D eigenvalue weighted by Crippen LogP contribution is -2.46. The summed E-state index contributed by atoms with van der Waals surface area (Å²) in [6.07, 6.45) is 0.403. The molecule has 1 aliphatic rings. The highest BCUT2D eigenvalue weighted by Gasteiger charge is 2.38. The van der Waals surface area contributed by atoms with E-state index in [0.717, 1.165) is 5.56 Å². The van der Waals surface area contributed by atoms with Crippen LogP contribution in [0.2, 0.25) is 5.02 Å². The summed E-state index contributed by atoms with van der Waals surface area (Å²) in [5.74, 6) is -0.513. The average Bonchev–Trinajstić information content (AvgIpc) is 2.94. The van der Waals surface area contributed by atoms with Crippen LogP contribution in [0.15, 0.2) is 42.5 Å². The van der Waals surface area contributed by atoms with Gasteiger partial charge in [0.2, 0.25) is 5.91 Å². The zero-order valence-electron chi connectivity index (χ0n) is 12.5. The normalized spacial score (nSPS) is 16.1. The fourth-order valence-electron chi connectivity index (χ4n) is 2.84. The molecule has 0 saturated carbocycles. The highest BCUT2D eigenvalue weighted by Crippen LogP contribution is 2.35. The molecule has 2 aromatic rings. The van der Waals surface area contributed by atoms with Crippen LogP contribution >= 0.6 is 11.6 Å². The maximum atomic E-state index is 13.0. The first-order valence-corrected chi connectivity index (χ1v) is 7.45. The number of hydrogen-bond donors (Lipinski definition) is 1. The van der Waals surface area contributed by atoms with Crippen LogP contribution in [0.25, 0.3) is 0 Å². The predicted octanol–water partition coefficient (Wildman–Crippen LogP) is 2.41. The molecule has 0 spiro atoms. The monoisotopic (exact) mass is 330 g/mol. The minimum absolute atomic E-state index is 0.294. The number of amides is 2. The molecule has 3 rings (SSSR count). The minimum Gasteiger partial charge on any atom is -0.496 e. The lowest BCUT2D eigenvalue weighted by Gasteiger charge is -2.24. The van der Waals surface area contributed by atoms with Crippen molar-refractivity contribution in [3.8, 4) is 5.75 Å². The summed E-state index contributed by atoms with van der Waals surface area (Å²) in [5.41, 5.74) is 7.38. The Balaban J connectivity index is 2.10. The number of carbonyl (C=O) groups excluding carboxylic acids is 2. The third-order valence-electron chi connectivity index (χ3n) is 3.92. The number of hydrogen-bond acceptors (Lipinski definition) is 3. The molecule has 1 aliphatic heterocycles. The molecule has 0 fully saturated rings. The number of benzene rings is 2. The molecule has 5 nitrogen and oxygen atoms in total. The lowest BCUT2D eigenvalue weighted by atomic mass is 10.1. The fourth-order valence-corrected chi connectivity index (χ4v) is 3.01. The number of halogens is 1. The van der Waals surface area contributed by atoms with Gasteiger partial charge in [0.05, 0.1) is 12.7 Å². The molecule has 0 saturated heterocycles. The van der Waals surface area contributed by atoms with E-state index >= 15 is 0 Å². The number of methoxy groups -OCH3 is 1. The lowest BCUT2D eigenvalue weighted by molar-refractivity contribution is -0.119. The van der Waals surface area contributed by atoms with Crippen molar-refractivity contribution in [3.63, 3.8) is 0 Å². The molecule has 2 N–H and O–H groups in total. The Morgan fingerprint density at radius 2 is 2.00 bits per heavy atom. The molecule has 0 aromatic heterocycles. The molecule has 6 heteroatoms. The molecule has 0 aliphatic carbocycles.